The molecular formula is C15H23NO2S. The molecule has 2 fully saturated rings. The summed E-state index contributed by atoms with van der Waals surface area (Å²) in [4.78, 5) is 0. The molecule has 0 aliphatic carbocycles. The Bertz CT molecular complexity index is 451. The first kappa shape index (κ1) is 13.5. The Kier molecular flexibility index (Phi) is 3.67. The summed E-state index contributed by atoms with van der Waals surface area (Å²) < 4.78 is 11.7. The number of thioether (sulfide) groups is 1. The van der Waals surface area contributed by atoms with Crippen molar-refractivity contribution in [3.8, 4) is 0 Å². The molecule has 2 aliphatic rings. The highest BCUT2D eigenvalue weighted by molar-refractivity contribution is 7.99. The highest BCUT2D eigenvalue weighted by Gasteiger charge is 2.42. The van der Waals surface area contributed by atoms with Gasteiger partial charge in [-0.2, -0.15) is 11.8 Å². The van der Waals surface area contributed by atoms with Gasteiger partial charge in [0.1, 0.15) is 11.5 Å². The van der Waals surface area contributed by atoms with Crippen molar-refractivity contribution in [2.45, 2.75) is 44.8 Å². The van der Waals surface area contributed by atoms with E-state index in [1.165, 1.54) is 17.7 Å². The molecule has 0 aromatic carbocycles. The standard InChI is InChI=1S/C15H23NO2S/c1-10-7-13(11(2)18-10)14(16)12-3-5-17-15(8-12)4-6-19-9-15/h7,12,14H,3-6,8-9,16H2,1-2H3. The molecule has 0 amide bonds. The molecule has 2 saturated heterocycles. The van der Waals surface area contributed by atoms with Crippen molar-refractivity contribution in [1.82, 2.24) is 0 Å². The molecule has 1 spiro atoms. The number of hydrogen-bond donors (Lipinski definition) is 1. The molecule has 1 aromatic heterocycles. The second-order valence-electron chi connectivity index (χ2n) is 5.98. The Balaban J connectivity index is 1.76. The zero-order valence-corrected chi connectivity index (χ0v) is 12.6. The largest absolute Gasteiger partial charge is 0.466 e. The zero-order chi connectivity index (χ0) is 13.5. The van der Waals surface area contributed by atoms with Gasteiger partial charge in [-0.1, -0.05) is 0 Å². The molecule has 3 nitrogen and oxygen atoms in total. The fraction of sp³-hybridized carbons (Fsp3) is 0.733. The summed E-state index contributed by atoms with van der Waals surface area (Å²) in [5.41, 5.74) is 7.81. The summed E-state index contributed by atoms with van der Waals surface area (Å²) in [5.74, 6) is 4.82. The maximum atomic E-state index is 6.51. The van der Waals surface area contributed by atoms with Crippen LogP contribution in [0.2, 0.25) is 0 Å². The minimum absolute atomic E-state index is 0.0869. The summed E-state index contributed by atoms with van der Waals surface area (Å²) in [5, 5.41) is 0. The van der Waals surface area contributed by atoms with E-state index in [-0.39, 0.29) is 11.6 Å². The lowest BCUT2D eigenvalue weighted by molar-refractivity contribution is -0.0834. The number of hydrogen-bond acceptors (Lipinski definition) is 4. The van der Waals surface area contributed by atoms with Crippen molar-refractivity contribution in [1.29, 1.82) is 0 Å². The maximum Gasteiger partial charge on any atom is 0.105 e. The molecular weight excluding hydrogens is 258 g/mol. The van der Waals surface area contributed by atoms with Crippen LogP contribution in [0.15, 0.2) is 10.5 Å². The van der Waals surface area contributed by atoms with Crippen LogP contribution in [0, 0.1) is 19.8 Å². The SMILES string of the molecule is Cc1cc(C(N)C2CCOC3(CCSC3)C2)c(C)o1. The third kappa shape index (κ3) is 2.58. The lowest BCUT2D eigenvalue weighted by Crippen LogP contribution is -2.42. The van der Waals surface area contributed by atoms with Crippen molar-refractivity contribution >= 4 is 11.8 Å². The fourth-order valence-electron chi connectivity index (χ4n) is 3.47. The van der Waals surface area contributed by atoms with E-state index in [0.29, 0.717) is 5.92 Å². The summed E-state index contributed by atoms with van der Waals surface area (Å²) in [6, 6.07) is 2.19. The molecule has 106 valence electrons. The number of rotatable bonds is 2. The summed E-state index contributed by atoms with van der Waals surface area (Å²) in [6.07, 6.45) is 3.35. The summed E-state index contributed by atoms with van der Waals surface area (Å²) in [7, 11) is 0. The smallest absolute Gasteiger partial charge is 0.105 e. The van der Waals surface area contributed by atoms with Gasteiger partial charge in [-0.25, -0.2) is 0 Å². The van der Waals surface area contributed by atoms with Crippen LogP contribution < -0.4 is 5.73 Å². The van der Waals surface area contributed by atoms with Gasteiger partial charge < -0.3 is 14.9 Å². The quantitative estimate of drug-likeness (QED) is 0.904. The Morgan fingerprint density at radius 1 is 1.47 bits per heavy atom. The third-order valence-electron chi connectivity index (χ3n) is 4.54. The van der Waals surface area contributed by atoms with Crippen LogP contribution in [0.3, 0.4) is 0 Å². The van der Waals surface area contributed by atoms with E-state index in [0.717, 1.165) is 36.7 Å². The van der Waals surface area contributed by atoms with Gasteiger partial charge in [-0.15, -0.1) is 0 Å². The van der Waals surface area contributed by atoms with E-state index < -0.39 is 0 Å². The van der Waals surface area contributed by atoms with Gasteiger partial charge in [0.15, 0.2) is 0 Å². The third-order valence-corrected chi connectivity index (χ3v) is 5.77. The van der Waals surface area contributed by atoms with Gasteiger partial charge in [0, 0.05) is 24.0 Å². The van der Waals surface area contributed by atoms with Crippen LogP contribution in [0.1, 0.15) is 42.4 Å². The first-order chi connectivity index (χ1) is 9.10. The van der Waals surface area contributed by atoms with E-state index in [9.17, 15) is 0 Å². The van der Waals surface area contributed by atoms with Gasteiger partial charge in [-0.05, 0) is 50.8 Å². The molecule has 1 aromatic rings. The van der Waals surface area contributed by atoms with Crippen molar-refractivity contribution < 1.29 is 9.15 Å². The molecule has 0 saturated carbocycles. The number of ether oxygens (including phenoxy) is 1. The summed E-state index contributed by atoms with van der Waals surface area (Å²) in [6.45, 7) is 4.86. The van der Waals surface area contributed by atoms with Crippen LogP contribution in [0.25, 0.3) is 0 Å². The fourth-order valence-corrected chi connectivity index (χ4v) is 4.85. The average molecular weight is 281 g/mol. The van der Waals surface area contributed by atoms with Gasteiger partial charge in [0.2, 0.25) is 0 Å². The van der Waals surface area contributed by atoms with Crippen LogP contribution in [-0.4, -0.2) is 23.7 Å². The highest BCUT2D eigenvalue weighted by Crippen LogP contribution is 2.43. The van der Waals surface area contributed by atoms with Gasteiger partial charge in [-0.3, -0.25) is 0 Å². The van der Waals surface area contributed by atoms with Gasteiger partial charge in [0.25, 0.3) is 0 Å². The molecule has 3 heterocycles. The summed E-state index contributed by atoms with van der Waals surface area (Å²) >= 11 is 2.01. The van der Waals surface area contributed by atoms with E-state index in [4.69, 9.17) is 14.9 Å². The van der Waals surface area contributed by atoms with E-state index >= 15 is 0 Å². The average Bonchev–Trinajstić information content (AvgIpc) is 2.96. The van der Waals surface area contributed by atoms with Crippen LogP contribution in [-0.2, 0) is 4.74 Å². The number of nitrogens with two attached hydrogens (primary N) is 1. The predicted molar refractivity (Wildman–Crippen MR) is 78.5 cm³/mol. The van der Waals surface area contributed by atoms with Crippen molar-refractivity contribution in [3.63, 3.8) is 0 Å². The maximum absolute atomic E-state index is 6.51. The number of aryl methyl sites for hydroxylation is 2. The Morgan fingerprint density at radius 3 is 2.95 bits per heavy atom. The molecule has 3 atom stereocenters. The first-order valence-corrected chi connectivity index (χ1v) is 8.29. The molecule has 4 heteroatoms. The van der Waals surface area contributed by atoms with Gasteiger partial charge >= 0.3 is 0 Å². The molecule has 0 bridgehead atoms. The minimum Gasteiger partial charge on any atom is -0.466 e. The lowest BCUT2D eigenvalue weighted by atomic mass is 9.79. The molecule has 2 aliphatic heterocycles. The zero-order valence-electron chi connectivity index (χ0n) is 11.8. The first-order valence-electron chi connectivity index (χ1n) is 7.14. The second kappa shape index (κ2) is 5.15. The number of furan rings is 1. The predicted octanol–water partition coefficient (Wildman–Crippen LogP) is 3.20. The molecule has 3 rings (SSSR count). The van der Waals surface area contributed by atoms with Crippen LogP contribution in [0.5, 0.6) is 0 Å². The molecule has 2 N–H and O–H groups in total. The normalized spacial score (nSPS) is 32.9. The monoisotopic (exact) mass is 281 g/mol. The van der Waals surface area contributed by atoms with E-state index in [2.05, 4.69) is 6.07 Å². The minimum atomic E-state index is 0.0869. The van der Waals surface area contributed by atoms with Crippen molar-refractivity contribution in [3.05, 3.63) is 23.2 Å². The van der Waals surface area contributed by atoms with Gasteiger partial charge in [0.05, 0.1) is 5.60 Å². The van der Waals surface area contributed by atoms with E-state index in [1.807, 2.05) is 25.6 Å². The Labute approximate surface area is 119 Å². The van der Waals surface area contributed by atoms with Crippen LogP contribution in [0.4, 0.5) is 0 Å². The second-order valence-corrected chi connectivity index (χ2v) is 7.09. The Morgan fingerprint density at radius 2 is 2.32 bits per heavy atom. The lowest BCUT2D eigenvalue weighted by Gasteiger charge is -2.40. The molecule has 3 unspecified atom stereocenters. The topological polar surface area (TPSA) is 48.4 Å². The molecule has 19 heavy (non-hydrogen) atoms. The Hall–Kier alpha value is -0.450. The van der Waals surface area contributed by atoms with Crippen LogP contribution >= 0.6 is 11.8 Å². The molecule has 0 radical (unpaired) electrons. The van der Waals surface area contributed by atoms with Crippen molar-refractivity contribution in [2.24, 2.45) is 11.7 Å². The van der Waals surface area contributed by atoms with Crippen molar-refractivity contribution in [2.75, 3.05) is 18.1 Å². The van der Waals surface area contributed by atoms with E-state index in [1.54, 1.807) is 0 Å². The highest BCUT2D eigenvalue weighted by atomic mass is 32.2.